The minimum atomic E-state index is -0.0380. The third kappa shape index (κ3) is 6.09. The summed E-state index contributed by atoms with van der Waals surface area (Å²) in [7, 11) is 0. The zero-order chi connectivity index (χ0) is 28.3. The second-order valence-corrected chi connectivity index (χ2v) is 11.9. The molecule has 0 spiro atoms. The van der Waals surface area contributed by atoms with Crippen molar-refractivity contribution in [2.24, 2.45) is 0 Å². The fourth-order valence-electron chi connectivity index (χ4n) is 5.81. The predicted molar refractivity (Wildman–Crippen MR) is 159 cm³/mol. The molecule has 0 radical (unpaired) electrons. The molecule has 11 nitrogen and oxygen atoms in total. The van der Waals surface area contributed by atoms with Crippen LogP contribution in [0.15, 0.2) is 24.8 Å². The van der Waals surface area contributed by atoms with E-state index in [9.17, 15) is 9.90 Å². The van der Waals surface area contributed by atoms with Crippen molar-refractivity contribution in [2.45, 2.75) is 26.3 Å². The van der Waals surface area contributed by atoms with E-state index >= 15 is 0 Å². The number of rotatable bonds is 8. The van der Waals surface area contributed by atoms with Crippen LogP contribution in [0.1, 0.15) is 22.7 Å². The van der Waals surface area contributed by atoms with E-state index in [1.54, 1.807) is 23.5 Å². The Bertz CT molecular complexity index is 1420. The van der Waals surface area contributed by atoms with Gasteiger partial charge in [-0.15, -0.1) is 11.3 Å². The lowest BCUT2D eigenvalue weighted by atomic mass is 10.0. The van der Waals surface area contributed by atoms with E-state index in [-0.39, 0.29) is 11.7 Å². The minimum Gasteiger partial charge on any atom is -0.508 e. The number of hydrogen-bond donors (Lipinski definition) is 1. The molecule has 5 heterocycles. The van der Waals surface area contributed by atoms with Crippen molar-refractivity contribution in [2.75, 3.05) is 82.0 Å². The third-order valence-corrected chi connectivity index (χ3v) is 8.87. The molecule has 1 aromatic carbocycles. The maximum absolute atomic E-state index is 12.2. The molecule has 3 aliphatic rings. The van der Waals surface area contributed by atoms with Gasteiger partial charge in [0, 0.05) is 64.0 Å². The Hall–Kier alpha value is -3.48. The molecule has 3 aliphatic heterocycles. The van der Waals surface area contributed by atoms with Gasteiger partial charge >= 0.3 is 6.01 Å². The van der Waals surface area contributed by atoms with Gasteiger partial charge in [-0.3, -0.25) is 9.69 Å². The first-order valence-electron chi connectivity index (χ1n) is 14.3. The van der Waals surface area contributed by atoms with Crippen LogP contribution in [0.25, 0.3) is 10.2 Å². The molecule has 1 amide bonds. The van der Waals surface area contributed by atoms with Crippen molar-refractivity contribution >= 4 is 39.0 Å². The van der Waals surface area contributed by atoms with Gasteiger partial charge in [0.15, 0.2) is 0 Å². The summed E-state index contributed by atoms with van der Waals surface area (Å²) in [4.78, 5) is 35.4. The summed E-state index contributed by atoms with van der Waals surface area (Å²) < 4.78 is 12.6. The molecule has 0 aliphatic carbocycles. The number of aromatic hydroxyl groups is 1. The topological polar surface area (TPSA) is 107 Å². The number of benzene rings is 1. The van der Waals surface area contributed by atoms with E-state index in [2.05, 4.69) is 21.3 Å². The Morgan fingerprint density at radius 2 is 1.90 bits per heavy atom. The largest absolute Gasteiger partial charge is 0.508 e. The second kappa shape index (κ2) is 12.2. The number of anilines is 2. The van der Waals surface area contributed by atoms with Crippen molar-refractivity contribution in [3.8, 4) is 11.8 Å². The first kappa shape index (κ1) is 27.7. The number of aromatic nitrogens is 3. The zero-order valence-electron chi connectivity index (χ0n) is 23.5. The first-order chi connectivity index (χ1) is 20.0. The fourth-order valence-corrected chi connectivity index (χ4v) is 6.70. The van der Waals surface area contributed by atoms with Crippen molar-refractivity contribution in [3.05, 3.63) is 41.1 Å². The van der Waals surface area contributed by atoms with E-state index in [0.717, 1.165) is 90.2 Å². The number of hydrogen-bond acceptors (Lipinski definition) is 11. The Labute approximate surface area is 244 Å². The normalized spacial score (nSPS) is 18.0. The molecule has 0 bridgehead atoms. The van der Waals surface area contributed by atoms with E-state index in [1.165, 1.54) is 6.08 Å². The fraction of sp³-hybridized carbons (Fsp3) is 0.517. The van der Waals surface area contributed by atoms with Gasteiger partial charge in [0.1, 0.15) is 17.1 Å². The van der Waals surface area contributed by atoms with Crippen molar-refractivity contribution < 1.29 is 19.4 Å². The van der Waals surface area contributed by atoms with Gasteiger partial charge in [0.25, 0.3) is 0 Å². The van der Waals surface area contributed by atoms with Crippen LogP contribution in [0.3, 0.4) is 0 Å². The third-order valence-electron chi connectivity index (χ3n) is 7.95. The van der Waals surface area contributed by atoms with Crippen LogP contribution >= 0.6 is 11.3 Å². The van der Waals surface area contributed by atoms with E-state index in [1.807, 2.05) is 11.8 Å². The lowest BCUT2D eigenvalue weighted by Gasteiger charge is -2.38. The number of piperazine rings is 1. The van der Waals surface area contributed by atoms with Gasteiger partial charge in [0.05, 0.1) is 47.5 Å². The van der Waals surface area contributed by atoms with E-state index in [4.69, 9.17) is 24.4 Å². The lowest BCUT2D eigenvalue weighted by molar-refractivity contribution is -0.126. The number of fused-ring (bicyclic) bond motifs is 2. The number of carbonyl (C=O) groups excluding carboxylic acids is 1. The van der Waals surface area contributed by atoms with Crippen LogP contribution in [-0.4, -0.2) is 108 Å². The number of carbonyl (C=O) groups is 1. The number of aryl methyl sites for hydroxylation is 1. The Morgan fingerprint density at radius 1 is 1.10 bits per heavy atom. The average Bonchev–Trinajstić information content (AvgIpc) is 3.38. The highest BCUT2D eigenvalue weighted by Gasteiger charge is 2.29. The molecule has 218 valence electrons. The van der Waals surface area contributed by atoms with Crippen LogP contribution in [0.5, 0.6) is 11.8 Å². The summed E-state index contributed by atoms with van der Waals surface area (Å²) in [6.45, 7) is 14.5. The quantitative estimate of drug-likeness (QED) is 0.316. The second-order valence-electron chi connectivity index (χ2n) is 10.6. The number of nitrogens with zero attached hydrogens (tertiary/aromatic N) is 7. The lowest BCUT2D eigenvalue weighted by Crippen LogP contribution is -2.49. The van der Waals surface area contributed by atoms with Gasteiger partial charge in [0.2, 0.25) is 5.91 Å². The zero-order valence-corrected chi connectivity index (χ0v) is 24.4. The highest BCUT2D eigenvalue weighted by molar-refractivity contribution is 7.18. The van der Waals surface area contributed by atoms with E-state index < -0.39 is 0 Å². The van der Waals surface area contributed by atoms with Crippen LogP contribution in [-0.2, 0) is 22.5 Å². The van der Waals surface area contributed by atoms with Crippen LogP contribution in [0.2, 0.25) is 0 Å². The van der Waals surface area contributed by atoms with Gasteiger partial charge in [-0.25, -0.2) is 4.98 Å². The average molecular weight is 580 g/mol. The highest BCUT2D eigenvalue weighted by atomic mass is 32.1. The summed E-state index contributed by atoms with van der Waals surface area (Å²) in [6, 6.07) is 3.96. The maximum Gasteiger partial charge on any atom is 0.318 e. The summed E-state index contributed by atoms with van der Waals surface area (Å²) in [5, 5.41) is 11.4. The van der Waals surface area contributed by atoms with Crippen LogP contribution in [0, 0.1) is 6.92 Å². The Balaban J connectivity index is 1.24. The highest BCUT2D eigenvalue weighted by Crippen LogP contribution is 2.38. The minimum absolute atomic E-state index is 0.0380. The molecule has 41 heavy (non-hydrogen) atoms. The maximum atomic E-state index is 12.2. The summed E-state index contributed by atoms with van der Waals surface area (Å²) in [5.41, 5.74) is 3.87. The van der Waals surface area contributed by atoms with Gasteiger partial charge in [-0.2, -0.15) is 9.97 Å². The monoisotopic (exact) mass is 579 g/mol. The number of thiazole rings is 1. The van der Waals surface area contributed by atoms with E-state index in [0.29, 0.717) is 45.3 Å². The van der Waals surface area contributed by atoms with Gasteiger partial charge < -0.3 is 29.3 Å². The number of amides is 1. The smallest absolute Gasteiger partial charge is 0.318 e. The first-order valence-corrected chi connectivity index (χ1v) is 15.1. The van der Waals surface area contributed by atoms with Crippen molar-refractivity contribution in [1.82, 2.24) is 24.8 Å². The Morgan fingerprint density at radius 3 is 2.68 bits per heavy atom. The van der Waals surface area contributed by atoms with Crippen LogP contribution in [0.4, 0.5) is 11.5 Å². The molecule has 6 rings (SSSR count). The predicted octanol–water partition coefficient (Wildman–Crippen LogP) is 2.60. The van der Waals surface area contributed by atoms with Gasteiger partial charge in [-0.1, -0.05) is 6.58 Å². The van der Waals surface area contributed by atoms with Crippen LogP contribution < -0.4 is 14.5 Å². The molecule has 0 atom stereocenters. The molecule has 12 heteroatoms. The molecule has 2 fully saturated rings. The summed E-state index contributed by atoms with van der Waals surface area (Å²) in [6.07, 6.45) is 3.02. The molecule has 1 N–H and O–H groups in total. The summed E-state index contributed by atoms with van der Waals surface area (Å²) >= 11 is 1.58. The SMILES string of the molecule is C=CC(=O)N1CCN(c2nc(OCCCN3CCOCC3)nc3c2CCN(c2cc(O)cc4sc(C)nc24)C3)CC1. The molecular weight excluding hydrogens is 542 g/mol. The molecule has 0 saturated carbocycles. The molecule has 0 unspecified atom stereocenters. The standard InChI is InChI=1S/C29H37N7O4S/c1-3-26(38)34-8-10-35(11-9-34)28-22-5-7-36(24-17-21(37)18-25-27(24)30-20(2)41-25)19-23(22)31-29(32-28)40-14-4-6-33-12-15-39-16-13-33/h3,17-18,37H,1,4-16,19H2,2H3. The molecule has 2 aromatic heterocycles. The molecule has 2 saturated heterocycles. The van der Waals surface area contributed by atoms with Crippen molar-refractivity contribution in [3.63, 3.8) is 0 Å². The molecule has 3 aromatic rings. The number of phenols is 1. The molecular formula is C29H37N7O4S. The number of morpholine rings is 1. The van der Waals surface area contributed by atoms with Crippen molar-refractivity contribution in [1.29, 1.82) is 0 Å². The summed E-state index contributed by atoms with van der Waals surface area (Å²) in [5.74, 6) is 1.10. The number of ether oxygens (including phenoxy) is 2. The Kier molecular flexibility index (Phi) is 8.22. The van der Waals surface area contributed by atoms with Gasteiger partial charge in [-0.05, 0) is 31.9 Å². The number of phenolic OH excluding ortho intramolecular Hbond substituents is 1.